The van der Waals surface area contributed by atoms with Gasteiger partial charge in [-0.2, -0.15) is 13.2 Å². The summed E-state index contributed by atoms with van der Waals surface area (Å²) < 4.78 is 37.7. The van der Waals surface area contributed by atoms with Crippen LogP contribution >= 0.6 is 0 Å². The molecule has 0 fully saturated rings. The molecule has 6 heteroatoms. The minimum atomic E-state index is -4.39. The molecule has 1 aromatic carbocycles. The van der Waals surface area contributed by atoms with E-state index in [1.54, 1.807) is 0 Å². The van der Waals surface area contributed by atoms with Crippen molar-refractivity contribution in [2.24, 2.45) is 5.92 Å². The summed E-state index contributed by atoms with van der Waals surface area (Å²) in [6.45, 7) is 3.87. The van der Waals surface area contributed by atoms with Gasteiger partial charge in [0.1, 0.15) is 6.04 Å². The third-order valence-electron chi connectivity index (χ3n) is 2.81. The molecule has 1 aromatic rings. The van der Waals surface area contributed by atoms with E-state index in [9.17, 15) is 18.0 Å². The van der Waals surface area contributed by atoms with Crippen molar-refractivity contribution in [3.63, 3.8) is 0 Å². The van der Waals surface area contributed by atoms with E-state index in [0.717, 1.165) is 12.1 Å². The van der Waals surface area contributed by atoms with Crippen molar-refractivity contribution >= 4 is 5.97 Å². The molecule has 0 saturated carbocycles. The zero-order valence-electron chi connectivity index (χ0n) is 11.4. The molecule has 3 nitrogen and oxygen atoms in total. The van der Waals surface area contributed by atoms with Crippen LogP contribution in [-0.2, 0) is 17.5 Å². The highest BCUT2D eigenvalue weighted by atomic mass is 19.4. The molecule has 0 spiro atoms. The van der Waals surface area contributed by atoms with E-state index in [0.29, 0.717) is 12.0 Å². The molecule has 1 unspecified atom stereocenters. The van der Waals surface area contributed by atoms with Crippen molar-refractivity contribution in [2.45, 2.75) is 39.0 Å². The predicted octanol–water partition coefficient (Wildman–Crippen LogP) is 3.29. The number of carboxylic acids is 1. The Morgan fingerprint density at radius 1 is 1.35 bits per heavy atom. The third-order valence-corrected chi connectivity index (χ3v) is 2.81. The zero-order chi connectivity index (χ0) is 15.3. The van der Waals surface area contributed by atoms with Gasteiger partial charge < -0.3 is 10.4 Å². The fourth-order valence-corrected chi connectivity index (χ4v) is 1.84. The maximum atomic E-state index is 12.6. The number of carboxylic acid groups (broad SMARTS) is 1. The number of halogens is 3. The lowest BCUT2D eigenvalue weighted by atomic mass is 10.0. The monoisotopic (exact) mass is 289 g/mol. The van der Waals surface area contributed by atoms with Gasteiger partial charge in [-0.05, 0) is 24.0 Å². The van der Waals surface area contributed by atoms with Crippen LogP contribution in [0.3, 0.4) is 0 Å². The molecule has 1 rings (SSSR count). The Hall–Kier alpha value is -1.56. The molecule has 2 N–H and O–H groups in total. The van der Waals surface area contributed by atoms with E-state index in [4.69, 9.17) is 5.11 Å². The summed E-state index contributed by atoms with van der Waals surface area (Å²) in [4.78, 5) is 11.0. The lowest BCUT2D eigenvalue weighted by Gasteiger charge is -2.17. The molecule has 0 aromatic heterocycles. The lowest BCUT2D eigenvalue weighted by molar-refractivity contribution is -0.140. The number of nitrogens with one attached hydrogen (secondary N) is 1. The van der Waals surface area contributed by atoms with Gasteiger partial charge in [0.15, 0.2) is 0 Å². The number of carbonyl (C=O) groups is 1. The molecule has 1 atom stereocenters. The van der Waals surface area contributed by atoms with Crippen LogP contribution in [0.2, 0.25) is 0 Å². The van der Waals surface area contributed by atoms with Gasteiger partial charge >= 0.3 is 12.1 Å². The Kier molecular flexibility index (Phi) is 5.56. The summed E-state index contributed by atoms with van der Waals surface area (Å²) in [7, 11) is 0. The molecule has 112 valence electrons. The molecule has 0 aliphatic rings. The Morgan fingerprint density at radius 3 is 2.50 bits per heavy atom. The van der Waals surface area contributed by atoms with E-state index in [2.05, 4.69) is 5.32 Å². The van der Waals surface area contributed by atoms with Crippen LogP contribution in [0.1, 0.15) is 31.4 Å². The van der Waals surface area contributed by atoms with Crippen LogP contribution < -0.4 is 5.32 Å². The van der Waals surface area contributed by atoms with E-state index < -0.39 is 23.8 Å². The average molecular weight is 289 g/mol. The Labute approximate surface area is 115 Å². The van der Waals surface area contributed by atoms with Gasteiger partial charge in [-0.25, -0.2) is 0 Å². The van der Waals surface area contributed by atoms with Gasteiger partial charge in [0, 0.05) is 6.54 Å². The molecule has 0 saturated heterocycles. The Balaban J connectivity index is 2.71. The quantitative estimate of drug-likeness (QED) is 0.845. The van der Waals surface area contributed by atoms with E-state index in [-0.39, 0.29) is 12.5 Å². The van der Waals surface area contributed by atoms with Crippen molar-refractivity contribution in [3.05, 3.63) is 35.4 Å². The van der Waals surface area contributed by atoms with E-state index in [1.807, 2.05) is 13.8 Å². The second-order valence-electron chi connectivity index (χ2n) is 5.10. The standard InChI is InChI=1S/C14H18F3NO2/c1-9(2)6-12(13(19)20)18-8-10-4-3-5-11(7-10)14(15,16)17/h3-5,7,9,12,18H,6,8H2,1-2H3,(H,19,20). The maximum Gasteiger partial charge on any atom is 0.416 e. The van der Waals surface area contributed by atoms with E-state index >= 15 is 0 Å². The highest BCUT2D eigenvalue weighted by molar-refractivity contribution is 5.73. The lowest BCUT2D eigenvalue weighted by Crippen LogP contribution is -2.37. The SMILES string of the molecule is CC(C)CC(NCc1cccc(C(F)(F)F)c1)C(=O)O. The van der Waals surface area contributed by atoms with Gasteiger partial charge in [-0.1, -0.05) is 32.0 Å². The van der Waals surface area contributed by atoms with Crippen molar-refractivity contribution < 1.29 is 23.1 Å². The minimum absolute atomic E-state index is 0.0909. The van der Waals surface area contributed by atoms with Crippen LogP contribution in [0.4, 0.5) is 13.2 Å². The van der Waals surface area contributed by atoms with Crippen molar-refractivity contribution in [1.29, 1.82) is 0 Å². The van der Waals surface area contributed by atoms with Crippen LogP contribution in [0.5, 0.6) is 0 Å². The summed E-state index contributed by atoms with van der Waals surface area (Å²) in [5.41, 5.74) is -0.317. The summed E-state index contributed by atoms with van der Waals surface area (Å²) in [5, 5.41) is 11.8. The number of rotatable bonds is 6. The molecule has 0 amide bonds. The van der Waals surface area contributed by atoms with Crippen LogP contribution in [-0.4, -0.2) is 17.1 Å². The molecule has 0 bridgehead atoms. The first-order chi connectivity index (χ1) is 9.20. The molecule has 0 radical (unpaired) electrons. The summed E-state index contributed by atoms with van der Waals surface area (Å²) in [6.07, 6.45) is -3.96. The summed E-state index contributed by atoms with van der Waals surface area (Å²) in [5.74, 6) is -0.809. The van der Waals surface area contributed by atoms with Gasteiger partial charge in [0.2, 0.25) is 0 Å². The Morgan fingerprint density at radius 2 is 2.00 bits per heavy atom. The third kappa shape index (κ3) is 5.21. The Bertz CT molecular complexity index is 458. The maximum absolute atomic E-state index is 12.6. The fourth-order valence-electron chi connectivity index (χ4n) is 1.84. The minimum Gasteiger partial charge on any atom is -0.480 e. The predicted molar refractivity (Wildman–Crippen MR) is 69.2 cm³/mol. The highest BCUT2D eigenvalue weighted by Crippen LogP contribution is 2.29. The fraction of sp³-hybridized carbons (Fsp3) is 0.500. The normalized spacial score (nSPS) is 13.5. The first-order valence-corrected chi connectivity index (χ1v) is 6.32. The second-order valence-corrected chi connectivity index (χ2v) is 5.10. The summed E-state index contributed by atoms with van der Waals surface area (Å²) >= 11 is 0. The van der Waals surface area contributed by atoms with Gasteiger partial charge in [0.25, 0.3) is 0 Å². The number of benzene rings is 1. The number of hydrogen-bond donors (Lipinski definition) is 2. The first-order valence-electron chi connectivity index (χ1n) is 6.32. The molecular weight excluding hydrogens is 271 g/mol. The van der Waals surface area contributed by atoms with Gasteiger partial charge in [-0.3, -0.25) is 4.79 Å². The summed E-state index contributed by atoms with van der Waals surface area (Å²) in [6, 6.07) is 4.12. The number of hydrogen-bond acceptors (Lipinski definition) is 2. The second kappa shape index (κ2) is 6.74. The molecule has 0 aliphatic heterocycles. The van der Waals surface area contributed by atoms with E-state index in [1.165, 1.54) is 12.1 Å². The molecular formula is C14H18F3NO2. The number of alkyl halides is 3. The number of aliphatic carboxylic acids is 1. The van der Waals surface area contributed by atoms with Gasteiger partial charge in [0.05, 0.1) is 5.56 Å². The van der Waals surface area contributed by atoms with Crippen LogP contribution in [0.15, 0.2) is 24.3 Å². The molecule has 0 heterocycles. The van der Waals surface area contributed by atoms with Gasteiger partial charge in [-0.15, -0.1) is 0 Å². The topological polar surface area (TPSA) is 49.3 Å². The van der Waals surface area contributed by atoms with Crippen molar-refractivity contribution in [3.8, 4) is 0 Å². The largest absolute Gasteiger partial charge is 0.480 e. The smallest absolute Gasteiger partial charge is 0.416 e. The highest BCUT2D eigenvalue weighted by Gasteiger charge is 2.30. The van der Waals surface area contributed by atoms with Crippen molar-refractivity contribution in [1.82, 2.24) is 5.32 Å². The first kappa shape index (κ1) is 16.5. The van der Waals surface area contributed by atoms with Crippen LogP contribution in [0.25, 0.3) is 0 Å². The average Bonchev–Trinajstić information content (AvgIpc) is 2.33. The van der Waals surface area contributed by atoms with Crippen molar-refractivity contribution in [2.75, 3.05) is 0 Å². The zero-order valence-corrected chi connectivity index (χ0v) is 11.4. The van der Waals surface area contributed by atoms with Crippen LogP contribution in [0, 0.1) is 5.92 Å². The molecule has 0 aliphatic carbocycles. The molecule has 20 heavy (non-hydrogen) atoms.